The number of nitrogens with zero attached hydrogens (tertiary/aromatic N) is 2. The number of nitrogens with one attached hydrogen (secondary N) is 1. The average Bonchev–Trinajstić information content (AvgIpc) is 2.43. The van der Waals surface area contributed by atoms with Crippen molar-refractivity contribution in [1.82, 2.24) is 15.1 Å². The zero-order valence-electron chi connectivity index (χ0n) is 12.9. The number of fused-ring (bicyclic) bond motifs is 1. The van der Waals surface area contributed by atoms with Gasteiger partial charge in [-0.1, -0.05) is 0 Å². The van der Waals surface area contributed by atoms with Crippen molar-refractivity contribution in [2.24, 2.45) is 5.92 Å². The highest BCUT2D eigenvalue weighted by Crippen LogP contribution is 2.30. The van der Waals surface area contributed by atoms with Gasteiger partial charge in [0, 0.05) is 38.8 Å². The largest absolute Gasteiger partial charge is 0.383 e. The Kier molecular flexibility index (Phi) is 6.07. The number of hydrogen-bond acceptors (Lipinski definition) is 4. The van der Waals surface area contributed by atoms with Crippen LogP contribution in [0.4, 0.5) is 0 Å². The summed E-state index contributed by atoms with van der Waals surface area (Å²) >= 11 is 0. The Hall–Kier alpha value is -0.160. The van der Waals surface area contributed by atoms with Gasteiger partial charge in [-0.15, -0.1) is 0 Å². The summed E-state index contributed by atoms with van der Waals surface area (Å²) < 4.78 is 5.07. The summed E-state index contributed by atoms with van der Waals surface area (Å²) in [5, 5.41) is 3.49. The van der Waals surface area contributed by atoms with Crippen LogP contribution in [-0.2, 0) is 4.74 Å². The lowest BCUT2D eigenvalue weighted by atomic mass is 9.84. The number of ether oxygens (including phenoxy) is 1. The molecule has 2 rings (SSSR count). The lowest BCUT2D eigenvalue weighted by Gasteiger charge is -2.47. The SMILES string of the molecule is COCCNCC(C)N1CCC2C(CCCN2C)C1. The van der Waals surface area contributed by atoms with E-state index in [1.165, 1.54) is 38.9 Å². The summed E-state index contributed by atoms with van der Waals surface area (Å²) in [6, 6.07) is 1.49. The van der Waals surface area contributed by atoms with Gasteiger partial charge < -0.3 is 15.0 Å². The highest BCUT2D eigenvalue weighted by atomic mass is 16.5. The van der Waals surface area contributed by atoms with Crippen LogP contribution >= 0.6 is 0 Å². The predicted molar refractivity (Wildman–Crippen MR) is 79.5 cm³/mol. The molecule has 1 N–H and O–H groups in total. The molecule has 2 fully saturated rings. The third-order valence-corrected chi connectivity index (χ3v) is 4.92. The van der Waals surface area contributed by atoms with Crippen molar-refractivity contribution in [3.63, 3.8) is 0 Å². The highest BCUT2D eigenvalue weighted by molar-refractivity contribution is 4.90. The molecule has 0 amide bonds. The van der Waals surface area contributed by atoms with E-state index in [4.69, 9.17) is 4.74 Å². The summed E-state index contributed by atoms with van der Waals surface area (Å²) in [6.45, 7) is 9.06. The Balaban J connectivity index is 1.73. The Labute approximate surface area is 118 Å². The highest BCUT2D eigenvalue weighted by Gasteiger charge is 2.35. The molecule has 2 aliphatic rings. The van der Waals surface area contributed by atoms with E-state index in [1.54, 1.807) is 7.11 Å². The van der Waals surface area contributed by atoms with Crippen molar-refractivity contribution in [3.8, 4) is 0 Å². The molecule has 0 saturated carbocycles. The molecule has 0 aromatic rings. The molecule has 0 spiro atoms. The first-order valence-corrected chi connectivity index (χ1v) is 7.86. The first-order chi connectivity index (χ1) is 9.22. The fourth-order valence-corrected chi connectivity index (χ4v) is 3.70. The van der Waals surface area contributed by atoms with Crippen LogP contribution in [-0.4, -0.2) is 75.4 Å². The molecule has 0 aromatic carbocycles. The van der Waals surface area contributed by atoms with Crippen LogP contribution in [0.5, 0.6) is 0 Å². The van der Waals surface area contributed by atoms with E-state index in [1.807, 2.05) is 0 Å². The predicted octanol–water partition coefficient (Wildman–Crippen LogP) is 1.03. The van der Waals surface area contributed by atoms with Gasteiger partial charge in [-0.3, -0.25) is 4.90 Å². The van der Waals surface area contributed by atoms with Crippen LogP contribution < -0.4 is 5.32 Å². The van der Waals surface area contributed by atoms with Gasteiger partial charge in [0.15, 0.2) is 0 Å². The maximum Gasteiger partial charge on any atom is 0.0587 e. The molecule has 2 aliphatic heterocycles. The van der Waals surface area contributed by atoms with Crippen molar-refractivity contribution in [2.45, 2.75) is 38.3 Å². The minimum atomic E-state index is 0.644. The van der Waals surface area contributed by atoms with E-state index < -0.39 is 0 Å². The van der Waals surface area contributed by atoms with Crippen LogP contribution in [0.2, 0.25) is 0 Å². The Morgan fingerprint density at radius 3 is 2.95 bits per heavy atom. The summed E-state index contributed by atoms with van der Waals surface area (Å²) in [7, 11) is 4.07. The molecular weight excluding hydrogens is 238 g/mol. The summed E-state index contributed by atoms with van der Waals surface area (Å²) in [5.74, 6) is 0.897. The van der Waals surface area contributed by atoms with Gasteiger partial charge in [-0.25, -0.2) is 0 Å². The van der Waals surface area contributed by atoms with E-state index in [0.29, 0.717) is 6.04 Å². The normalized spacial score (nSPS) is 31.1. The fraction of sp³-hybridized carbons (Fsp3) is 1.00. The summed E-state index contributed by atoms with van der Waals surface area (Å²) in [5.41, 5.74) is 0. The van der Waals surface area contributed by atoms with Gasteiger partial charge in [0.2, 0.25) is 0 Å². The average molecular weight is 269 g/mol. The van der Waals surface area contributed by atoms with Crippen LogP contribution in [0.1, 0.15) is 26.2 Å². The second kappa shape index (κ2) is 7.58. The fourth-order valence-electron chi connectivity index (χ4n) is 3.70. The van der Waals surface area contributed by atoms with Crippen molar-refractivity contribution >= 4 is 0 Å². The molecular formula is C15H31N3O. The molecule has 0 aromatic heterocycles. The Bertz CT molecular complexity index is 262. The standard InChI is InChI=1S/C15H31N3O/c1-13(11-16-7-10-19-3)18-9-6-15-14(12-18)5-4-8-17(15)2/h13-16H,4-12H2,1-3H3. The molecule has 4 nitrogen and oxygen atoms in total. The van der Waals surface area contributed by atoms with Crippen molar-refractivity contribution in [2.75, 3.05) is 53.5 Å². The maximum absolute atomic E-state index is 5.07. The number of hydrogen-bond donors (Lipinski definition) is 1. The molecule has 2 heterocycles. The van der Waals surface area contributed by atoms with Crippen molar-refractivity contribution in [3.05, 3.63) is 0 Å². The first kappa shape index (κ1) is 15.2. The molecule has 3 atom stereocenters. The Morgan fingerprint density at radius 2 is 2.16 bits per heavy atom. The van der Waals surface area contributed by atoms with E-state index >= 15 is 0 Å². The quantitative estimate of drug-likeness (QED) is 0.729. The topological polar surface area (TPSA) is 27.7 Å². The second-order valence-corrected chi connectivity index (χ2v) is 6.28. The van der Waals surface area contributed by atoms with E-state index in [-0.39, 0.29) is 0 Å². The number of piperidine rings is 2. The van der Waals surface area contributed by atoms with Gasteiger partial charge in [0.25, 0.3) is 0 Å². The van der Waals surface area contributed by atoms with Crippen LogP contribution in [0.25, 0.3) is 0 Å². The third-order valence-electron chi connectivity index (χ3n) is 4.92. The molecule has 0 aliphatic carbocycles. The minimum Gasteiger partial charge on any atom is -0.383 e. The smallest absolute Gasteiger partial charge is 0.0587 e. The molecule has 0 bridgehead atoms. The second-order valence-electron chi connectivity index (χ2n) is 6.28. The van der Waals surface area contributed by atoms with E-state index in [9.17, 15) is 0 Å². The van der Waals surface area contributed by atoms with Gasteiger partial charge in [-0.2, -0.15) is 0 Å². The lowest BCUT2D eigenvalue weighted by Crippen LogP contribution is -2.55. The number of methoxy groups -OCH3 is 1. The van der Waals surface area contributed by atoms with Gasteiger partial charge in [0.05, 0.1) is 6.61 Å². The van der Waals surface area contributed by atoms with Gasteiger partial charge >= 0.3 is 0 Å². The zero-order valence-corrected chi connectivity index (χ0v) is 12.9. The molecule has 3 unspecified atom stereocenters. The summed E-state index contributed by atoms with van der Waals surface area (Å²) in [6.07, 6.45) is 4.16. The lowest BCUT2D eigenvalue weighted by molar-refractivity contribution is 0.0232. The molecule has 0 radical (unpaired) electrons. The number of likely N-dealkylation sites (tertiary alicyclic amines) is 2. The first-order valence-electron chi connectivity index (χ1n) is 7.86. The van der Waals surface area contributed by atoms with Gasteiger partial charge in [0.1, 0.15) is 0 Å². The van der Waals surface area contributed by atoms with E-state index in [0.717, 1.165) is 31.7 Å². The van der Waals surface area contributed by atoms with Gasteiger partial charge in [-0.05, 0) is 52.2 Å². The van der Waals surface area contributed by atoms with Crippen LogP contribution in [0, 0.1) is 5.92 Å². The molecule has 19 heavy (non-hydrogen) atoms. The van der Waals surface area contributed by atoms with Crippen molar-refractivity contribution < 1.29 is 4.74 Å². The van der Waals surface area contributed by atoms with E-state index in [2.05, 4.69) is 29.1 Å². The van der Waals surface area contributed by atoms with Crippen molar-refractivity contribution in [1.29, 1.82) is 0 Å². The maximum atomic E-state index is 5.07. The third kappa shape index (κ3) is 4.15. The van der Waals surface area contributed by atoms with Crippen LogP contribution in [0.15, 0.2) is 0 Å². The monoisotopic (exact) mass is 269 g/mol. The summed E-state index contributed by atoms with van der Waals surface area (Å²) in [4.78, 5) is 5.27. The zero-order chi connectivity index (χ0) is 13.7. The minimum absolute atomic E-state index is 0.644. The molecule has 2 saturated heterocycles. The van der Waals surface area contributed by atoms with Crippen LogP contribution in [0.3, 0.4) is 0 Å². The molecule has 4 heteroatoms. The Morgan fingerprint density at radius 1 is 1.32 bits per heavy atom. The number of rotatable bonds is 6. The molecule has 112 valence electrons.